The number of aromatic nitrogens is 3. The van der Waals surface area contributed by atoms with Gasteiger partial charge in [0.05, 0.1) is 11.3 Å². The summed E-state index contributed by atoms with van der Waals surface area (Å²) in [7, 11) is 0. The highest BCUT2D eigenvalue weighted by molar-refractivity contribution is 5.98. The highest BCUT2D eigenvalue weighted by Gasteiger charge is 2.24. The van der Waals surface area contributed by atoms with E-state index in [4.69, 9.17) is 11.5 Å². The van der Waals surface area contributed by atoms with Gasteiger partial charge in [-0.1, -0.05) is 25.0 Å². The Morgan fingerprint density at radius 1 is 1.13 bits per heavy atom. The molecule has 9 heteroatoms. The minimum atomic E-state index is -0.776. The molecule has 1 aliphatic carbocycles. The number of nitrogens with two attached hydrogens (primary N) is 2. The van der Waals surface area contributed by atoms with Gasteiger partial charge in [-0.25, -0.2) is 19.3 Å². The van der Waals surface area contributed by atoms with Crippen molar-refractivity contribution in [1.82, 2.24) is 15.0 Å². The zero-order valence-electron chi connectivity index (χ0n) is 16.9. The van der Waals surface area contributed by atoms with Gasteiger partial charge >= 0.3 is 0 Å². The molecule has 2 aromatic heterocycles. The maximum Gasteiger partial charge on any atom is 0.252 e. The van der Waals surface area contributed by atoms with Crippen LogP contribution in [-0.2, 0) is 0 Å². The third-order valence-electron chi connectivity index (χ3n) is 5.39. The van der Waals surface area contributed by atoms with Gasteiger partial charge in [0, 0.05) is 29.5 Å². The van der Waals surface area contributed by atoms with Crippen molar-refractivity contribution in [3.8, 4) is 11.3 Å². The van der Waals surface area contributed by atoms with Crippen LogP contribution in [0.2, 0.25) is 0 Å². The van der Waals surface area contributed by atoms with E-state index in [1.807, 2.05) is 24.3 Å². The van der Waals surface area contributed by atoms with Crippen molar-refractivity contribution in [3.05, 3.63) is 60.3 Å². The highest BCUT2D eigenvalue weighted by Crippen LogP contribution is 2.28. The second-order valence-electron chi connectivity index (χ2n) is 7.58. The third-order valence-corrected chi connectivity index (χ3v) is 5.39. The first-order valence-corrected chi connectivity index (χ1v) is 10.2. The van der Waals surface area contributed by atoms with Crippen LogP contribution in [0.4, 0.5) is 21.7 Å². The lowest BCUT2D eigenvalue weighted by Crippen LogP contribution is -2.43. The molecule has 3 aromatic rings. The van der Waals surface area contributed by atoms with Crippen LogP contribution < -0.4 is 22.1 Å². The molecule has 1 aliphatic rings. The predicted octanol–water partition coefficient (Wildman–Crippen LogP) is 3.20. The van der Waals surface area contributed by atoms with E-state index in [2.05, 4.69) is 25.6 Å². The molecule has 160 valence electrons. The van der Waals surface area contributed by atoms with Crippen molar-refractivity contribution in [3.63, 3.8) is 0 Å². The van der Waals surface area contributed by atoms with Crippen molar-refractivity contribution in [2.24, 2.45) is 11.5 Å². The van der Waals surface area contributed by atoms with Crippen molar-refractivity contribution in [1.29, 1.82) is 0 Å². The number of carbonyl (C=O) groups excluding carboxylic acids is 1. The molecule has 31 heavy (non-hydrogen) atoms. The summed E-state index contributed by atoms with van der Waals surface area (Å²) in [6.07, 6.45) is 6.92. The van der Waals surface area contributed by atoms with Crippen LogP contribution >= 0.6 is 0 Å². The second-order valence-corrected chi connectivity index (χ2v) is 7.58. The standard InChI is InChI=1S/C22H24FN7O/c23-16-11-15(20(25)31)21(30-22(16)29-19-7-2-1-6-17(19)24)28-14-5-3-4-13(10-14)18-8-9-26-12-27-18/h3-5,8-12,17,19H,1-2,6-7,24H2,(H2,25,31)(H2,28,29,30)/t17-,19+/m0/s1. The van der Waals surface area contributed by atoms with E-state index in [1.54, 1.807) is 12.3 Å². The first-order valence-electron chi connectivity index (χ1n) is 10.2. The number of carbonyl (C=O) groups is 1. The average Bonchev–Trinajstić information content (AvgIpc) is 2.78. The molecule has 4 rings (SSSR count). The first kappa shape index (κ1) is 20.7. The number of anilines is 3. The van der Waals surface area contributed by atoms with Crippen LogP contribution in [0.5, 0.6) is 0 Å². The highest BCUT2D eigenvalue weighted by atomic mass is 19.1. The van der Waals surface area contributed by atoms with E-state index in [0.717, 1.165) is 43.0 Å². The fraction of sp³-hybridized carbons (Fsp3) is 0.273. The molecule has 0 bridgehead atoms. The Morgan fingerprint density at radius 2 is 1.97 bits per heavy atom. The van der Waals surface area contributed by atoms with Crippen LogP contribution in [-0.4, -0.2) is 32.9 Å². The van der Waals surface area contributed by atoms with Crippen molar-refractivity contribution >= 4 is 23.2 Å². The lowest BCUT2D eigenvalue weighted by Gasteiger charge is -2.30. The number of hydrogen-bond acceptors (Lipinski definition) is 7. The monoisotopic (exact) mass is 421 g/mol. The summed E-state index contributed by atoms with van der Waals surface area (Å²) in [5.41, 5.74) is 13.9. The summed E-state index contributed by atoms with van der Waals surface area (Å²) in [6, 6.07) is 10.1. The van der Waals surface area contributed by atoms with Gasteiger partial charge < -0.3 is 22.1 Å². The van der Waals surface area contributed by atoms with Crippen LogP contribution in [0.15, 0.2) is 48.9 Å². The molecule has 8 nitrogen and oxygen atoms in total. The third kappa shape index (κ3) is 4.77. The van der Waals surface area contributed by atoms with Gasteiger partial charge in [-0.05, 0) is 37.1 Å². The average molecular weight is 421 g/mol. The molecular formula is C22H24FN7O. The lowest BCUT2D eigenvalue weighted by atomic mass is 9.91. The van der Waals surface area contributed by atoms with Gasteiger partial charge in [-0.3, -0.25) is 4.79 Å². The van der Waals surface area contributed by atoms with E-state index >= 15 is 0 Å². The molecule has 0 radical (unpaired) electrons. The number of primary amides is 1. The van der Waals surface area contributed by atoms with E-state index in [-0.39, 0.29) is 29.3 Å². The molecule has 6 N–H and O–H groups in total. The number of amides is 1. The Bertz CT molecular complexity index is 1080. The Kier molecular flexibility index (Phi) is 6.03. The number of benzene rings is 1. The largest absolute Gasteiger partial charge is 0.365 e. The maximum atomic E-state index is 14.7. The molecule has 0 aliphatic heterocycles. The van der Waals surface area contributed by atoms with E-state index in [9.17, 15) is 9.18 Å². The molecule has 2 heterocycles. The minimum Gasteiger partial charge on any atom is -0.365 e. The van der Waals surface area contributed by atoms with Crippen LogP contribution in [0.1, 0.15) is 36.0 Å². The molecular weight excluding hydrogens is 397 g/mol. The zero-order valence-corrected chi connectivity index (χ0v) is 16.9. The number of rotatable bonds is 6. The molecule has 0 saturated heterocycles. The summed E-state index contributed by atoms with van der Waals surface area (Å²) in [5.74, 6) is -1.21. The Labute approximate surface area is 179 Å². The lowest BCUT2D eigenvalue weighted by molar-refractivity contribution is 0.100. The predicted molar refractivity (Wildman–Crippen MR) is 117 cm³/mol. The van der Waals surface area contributed by atoms with Crippen LogP contribution in [0, 0.1) is 5.82 Å². The summed E-state index contributed by atoms with van der Waals surface area (Å²) in [6.45, 7) is 0. The van der Waals surface area contributed by atoms with E-state index in [0.29, 0.717) is 5.69 Å². The SMILES string of the molecule is NC(=O)c1cc(F)c(N[C@@H]2CCCC[C@@H]2N)nc1Nc1cccc(-c2ccncn2)c1. The maximum absolute atomic E-state index is 14.7. The summed E-state index contributed by atoms with van der Waals surface area (Å²) >= 11 is 0. The van der Waals surface area contributed by atoms with Gasteiger partial charge in [0.2, 0.25) is 0 Å². The van der Waals surface area contributed by atoms with Gasteiger partial charge in [-0.2, -0.15) is 0 Å². The molecule has 1 amide bonds. The Hall–Kier alpha value is -3.59. The molecule has 1 aromatic carbocycles. The van der Waals surface area contributed by atoms with Crippen molar-refractivity contribution in [2.45, 2.75) is 37.8 Å². The second kappa shape index (κ2) is 9.05. The van der Waals surface area contributed by atoms with Crippen molar-refractivity contribution < 1.29 is 9.18 Å². The van der Waals surface area contributed by atoms with Gasteiger partial charge in [0.1, 0.15) is 12.1 Å². The zero-order chi connectivity index (χ0) is 21.8. The number of halogens is 1. The van der Waals surface area contributed by atoms with Crippen LogP contribution in [0.3, 0.4) is 0 Å². The van der Waals surface area contributed by atoms with Gasteiger partial charge in [0.15, 0.2) is 11.6 Å². The number of nitrogens with one attached hydrogen (secondary N) is 2. The summed E-state index contributed by atoms with van der Waals surface area (Å²) in [4.78, 5) is 24.4. The Morgan fingerprint density at radius 3 is 2.71 bits per heavy atom. The first-order chi connectivity index (χ1) is 15.0. The number of nitrogens with zero attached hydrogens (tertiary/aromatic N) is 3. The molecule has 0 unspecified atom stereocenters. The quantitative estimate of drug-likeness (QED) is 0.480. The number of hydrogen-bond donors (Lipinski definition) is 4. The smallest absolute Gasteiger partial charge is 0.252 e. The van der Waals surface area contributed by atoms with Crippen molar-refractivity contribution in [2.75, 3.05) is 10.6 Å². The van der Waals surface area contributed by atoms with Crippen LogP contribution in [0.25, 0.3) is 11.3 Å². The summed E-state index contributed by atoms with van der Waals surface area (Å²) in [5, 5.41) is 6.20. The number of pyridine rings is 1. The minimum absolute atomic E-state index is 0.0385. The molecule has 2 atom stereocenters. The normalized spacial score (nSPS) is 18.4. The molecule has 1 fully saturated rings. The fourth-order valence-corrected chi connectivity index (χ4v) is 3.74. The summed E-state index contributed by atoms with van der Waals surface area (Å²) < 4.78 is 14.7. The van der Waals surface area contributed by atoms with Gasteiger partial charge in [-0.15, -0.1) is 0 Å². The van der Waals surface area contributed by atoms with E-state index in [1.165, 1.54) is 6.33 Å². The molecule has 0 spiro atoms. The Balaban J connectivity index is 1.64. The fourth-order valence-electron chi connectivity index (χ4n) is 3.74. The van der Waals surface area contributed by atoms with E-state index < -0.39 is 11.7 Å². The molecule has 1 saturated carbocycles. The topological polar surface area (TPSA) is 132 Å². The van der Waals surface area contributed by atoms with Gasteiger partial charge in [0.25, 0.3) is 5.91 Å².